The number of rotatable bonds is 4. The van der Waals surface area contributed by atoms with E-state index in [1.54, 1.807) is 20.3 Å². The minimum Gasteiger partial charge on any atom is -0.493 e. The van der Waals surface area contributed by atoms with Gasteiger partial charge in [-0.25, -0.2) is 0 Å². The van der Waals surface area contributed by atoms with Crippen LogP contribution in [0.3, 0.4) is 0 Å². The molecule has 0 saturated carbocycles. The fraction of sp³-hybridized carbons (Fsp3) is 0.211. The molecule has 0 fully saturated rings. The third kappa shape index (κ3) is 3.17. The van der Waals surface area contributed by atoms with E-state index in [-0.39, 0.29) is 5.91 Å². The van der Waals surface area contributed by atoms with Crippen molar-refractivity contribution in [1.29, 1.82) is 0 Å². The molecule has 1 amide bonds. The summed E-state index contributed by atoms with van der Waals surface area (Å²) in [6, 6.07) is 9.49. The van der Waals surface area contributed by atoms with Crippen molar-refractivity contribution < 1.29 is 14.3 Å². The van der Waals surface area contributed by atoms with Gasteiger partial charge in [0.1, 0.15) is 4.88 Å². The van der Waals surface area contributed by atoms with Gasteiger partial charge in [-0.2, -0.15) is 0 Å². The number of methoxy groups -OCH3 is 2. The topological polar surface area (TPSA) is 47.6 Å². The molecule has 25 heavy (non-hydrogen) atoms. The van der Waals surface area contributed by atoms with E-state index in [0.29, 0.717) is 27.1 Å². The van der Waals surface area contributed by atoms with Gasteiger partial charge in [-0.05, 0) is 37.1 Å². The summed E-state index contributed by atoms with van der Waals surface area (Å²) in [5.41, 5.74) is 2.59. The predicted molar refractivity (Wildman–Crippen MR) is 104 cm³/mol. The number of anilines is 1. The van der Waals surface area contributed by atoms with Crippen molar-refractivity contribution in [3.05, 3.63) is 51.4 Å². The number of ether oxygens (including phenoxy) is 2. The van der Waals surface area contributed by atoms with E-state index in [9.17, 15) is 4.79 Å². The van der Waals surface area contributed by atoms with Crippen LogP contribution in [-0.4, -0.2) is 20.1 Å². The zero-order valence-electron chi connectivity index (χ0n) is 14.4. The number of amides is 1. The second-order valence-electron chi connectivity index (χ2n) is 5.67. The van der Waals surface area contributed by atoms with Crippen LogP contribution >= 0.6 is 22.9 Å². The van der Waals surface area contributed by atoms with Gasteiger partial charge < -0.3 is 14.8 Å². The highest BCUT2D eigenvalue weighted by molar-refractivity contribution is 7.21. The maximum absolute atomic E-state index is 12.8. The monoisotopic (exact) mass is 375 g/mol. The van der Waals surface area contributed by atoms with Crippen LogP contribution in [0, 0.1) is 13.8 Å². The van der Waals surface area contributed by atoms with E-state index in [1.807, 2.05) is 38.1 Å². The number of halogens is 1. The van der Waals surface area contributed by atoms with Gasteiger partial charge in [-0.15, -0.1) is 11.3 Å². The molecule has 4 nitrogen and oxygen atoms in total. The quantitative estimate of drug-likeness (QED) is 0.660. The molecule has 3 rings (SSSR count). The third-order valence-electron chi connectivity index (χ3n) is 4.05. The molecule has 0 atom stereocenters. The predicted octanol–water partition coefficient (Wildman–Crippen LogP) is 5.44. The van der Waals surface area contributed by atoms with Gasteiger partial charge in [0, 0.05) is 21.8 Å². The van der Waals surface area contributed by atoms with Crippen molar-refractivity contribution in [1.82, 2.24) is 0 Å². The smallest absolute Gasteiger partial charge is 0.267 e. The Morgan fingerprint density at radius 3 is 2.40 bits per heavy atom. The minimum absolute atomic E-state index is 0.235. The summed E-state index contributed by atoms with van der Waals surface area (Å²) < 4.78 is 11.6. The average Bonchev–Trinajstić information content (AvgIpc) is 2.94. The van der Waals surface area contributed by atoms with E-state index in [2.05, 4.69) is 5.32 Å². The molecule has 0 unspecified atom stereocenters. The van der Waals surface area contributed by atoms with Crippen molar-refractivity contribution in [3.8, 4) is 11.5 Å². The third-order valence-corrected chi connectivity index (χ3v) is 5.69. The maximum atomic E-state index is 12.8. The van der Waals surface area contributed by atoms with Crippen LogP contribution in [0.1, 0.15) is 20.8 Å². The molecule has 3 aromatic rings. The molecule has 130 valence electrons. The van der Waals surface area contributed by atoms with Crippen molar-refractivity contribution in [2.75, 3.05) is 19.5 Å². The molecule has 0 radical (unpaired) electrons. The largest absolute Gasteiger partial charge is 0.493 e. The molecule has 1 heterocycles. The van der Waals surface area contributed by atoms with Crippen molar-refractivity contribution in [2.45, 2.75) is 13.8 Å². The van der Waals surface area contributed by atoms with E-state index in [0.717, 1.165) is 21.2 Å². The summed E-state index contributed by atoms with van der Waals surface area (Å²) in [5.74, 6) is 0.941. The standard InChI is InChI=1S/C19H18ClNO3S/c1-10-6-5-7-15-16(10)17(20)18(25-15)19(22)21-12-9-14(24-4)13(23-3)8-11(12)2/h5-9H,1-4H3,(H,21,22). The molecule has 0 saturated heterocycles. The van der Waals surface area contributed by atoms with E-state index < -0.39 is 0 Å². The Labute approximate surface area is 155 Å². The lowest BCUT2D eigenvalue weighted by atomic mass is 10.1. The van der Waals surface area contributed by atoms with Crippen molar-refractivity contribution in [2.24, 2.45) is 0 Å². The molecule has 2 aromatic carbocycles. The lowest BCUT2D eigenvalue weighted by Crippen LogP contribution is -2.12. The first-order chi connectivity index (χ1) is 12.0. The van der Waals surface area contributed by atoms with Gasteiger partial charge in [-0.3, -0.25) is 4.79 Å². The molecule has 0 aliphatic carbocycles. The van der Waals surface area contributed by atoms with Gasteiger partial charge in [0.2, 0.25) is 0 Å². The van der Waals surface area contributed by atoms with Crippen molar-refractivity contribution in [3.63, 3.8) is 0 Å². The average molecular weight is 376 g/mol. The molecule has 0 bridgehead atoms. The first-order valence-electron chi connectivity index (χ1n) is 7.67. The van der Waals surface area contributed by atoms with Crippen LogP contribution < -0.4 is 14.8 Å². The number of fused-ring (bicyclic) bond motifs is 1. The fourth-order valence-electron chi connectivity index (χ4n) is 2.72. The number of carbonyl (C=O) groups is 1. The molecular weight excluding hydrogens is 358 g/mol. The number of nitrogens with one attached hydrogen (secondary N) is 1. The maximum Gasteiger partial charge on any atom is 0.267 e. The summed E-state index contributed by atoms with van der Waals surface area (Å²) in [4.78, 5) is 13.3. The van der Waals surface area contributed by atoms with Crippen LogP contribution in [-0.2, 0) is 0 Å². The molecular formula is C19H18ClNO3S. The summed E-state index contributed by atoms with van der Waals surface area (Å²) in [7, 11) is 3.14. The highest BCUT2D eigenvalue weighted by atomic mass is 35.5. The normalized spacial score (nSPS) is 10.8. The Morgan fingerprint density at radius 1 is 1.08 bits per heavy atom. The summed E-state index contributed by atoms with van der Waals surface area (Å²) in [5, 5.41) is 4.35. The second kappa shape index (κ2) is 6.94. The van der Waals surface area contributed by atoms with Crippen LogP contribution in [0.5, 0.6) is 11.5 Å². The van der Waals surface area contributed by atoms with Gasteiger partial charge in [0.15, 0.2) is 11.5 Å². The number of benzene rings is 2. The molecule has 0 aliphatic rings. The Kier molecular flexibility index (Phi) is 4.88. The lowest BCUT2D eigenvalue weighted by Gasteiger charge is -2.13. The summed E-state index contributed by atoms with van der Waals surface area (Å²) >= 11 is 7.86. The Bertz CT molecular complexity index is 965. The van der Waals surface area contributed by atoms with Crippen LogP contribution in [0.25, 0.3) is 10.1 Å². The van der Waals surface area contributed by atoms with E-state index in [4.69, 9.17) is 21.1 Å². The van der Waals surface area contributed by atoms with E-state index in [1.165, 1.54) is 11.3 Å². The zero-order valence-corrected chi connectivity index (χ0v) is 16.0. The number of hydrogen-bond acceptors (Lipinski definition) is 4. The van der Waals surface area contributed by atoms with Gasteiger partial charge in [-0.1, -0.05) is 23.7 Å². The number of carbonyl (C=O) groups excluding carboxylic acids is 1. The van der Waals surface area contributed by atoms with Gasteiger partial charge in [0.05, 0.1) is 19.2 Å². The van der Waals surface area contributed by atoms with Gasteiger partial charge in [0.25, 0.3) is 5.91 Å². The molecule has 0 spiro atoms. The van der Waals surface area contributed by atoms with Crippen molar-refractivity contribution >= 4 is 44.6 Å². The number of hydrogen-bond donors (Lipinski definition) is 1. The minimum atomic E-state index is -0.235. The molecule has 1 aromatic heterocycles. The lowest BCUT2D eigenvalue weighted by molar-refractivity contribution is 0.103. The Balaban J connectivity index is 1.98. The van der Waals surface area contributed by atoms with Crippen LogP contribution in [0.4, 0.5) is 5.69 Å². The highest BCUT2D eigenvalue weighted by Crippen LogP contribution is 2.38. The summed E-state index contributed by atoms with van der Waals surface area (Å²) in [6.07, 6.45) is 0. The zero-order chi connectivity index (χ0) is 18.1. The highest BCUT2D eigenvalue weighted by Gasteiger charge is 2.19. The second-order valence-corrected chi connectivity index (χ2v) is 7.10. The molecule has 1 N–H and O–H groups in total. The Hall–Kier alpha value is -2.24. The summed E-state index contributed by atoms with van der Waals surface area (Å²) in [6.45, 7) is 3.88. The fourth-order valence-corrected chi connectivity index (χ4v) is 4.29. The number of aryl methyl sites for hydroxylation is 2. The number of thiophene rings is 1. The van der Waals surface area contributed by atoms with Crippen LogP contribution in [0.15, 0.2) is 30.3 Å². The first kappa shape index (κ1) is 17.6. The SMILES string of the molecule is COc1cc(C)c(NC(=O)c2sc3cccc(C)c3c2Cl)cc1OC. The molecule has 6 heteroatoms. The first-order valence-corrected chi connectivity index (χ1v) is 8.87. The Morgan fingerprint density at radius 2 is 1.76 bits per heavy atom. The molecule has 0 aliphatic heterocycles. The van der Waals surface area contributed by atoms with Gasteiger partial charge >= 0.3 is 0 Å². The van der Waals surface area contributed by atoms with Crippen LogP contribution in [0.2, 0.25) is 5.02 Å². The van der Waals surface area contributed by atoms with E-state index >= 15 is 0 Å².